The Kier molecular flexibility index (Phi) is 5.89. The third kappa shape index (κ3) is 4.69. The molecule has 12 heteroatoms. The standard InChI is InChI=1S/C23H23F4N7O/c1-14-28-7-9-33(14)22-30-10-15(11-31-22)21(35)34(17-3-4-17)19-6-8-32(13-18(19)24)20-5-2-16(12-29-20)23(25,26)27/h2,5,7,9-12,17-19H,3-4,6,8,13H2,1H3. The van der Waals surface area contributed by atoms with Crippen molar-refractivity contribution in [1.82, 2.24) is 29.4 Å². The minimum Gasteiger partial charge on any atom is -0.354 e. The number of hydrogen-bond acceptors (Lipinski definition) is 6. The molecule has 0 aromatic carbocycles. The molecule has 35 heavy (non-hydrogen) atoms. The summed E-state index contributed by atoms with van der Waals surface area (Å²) in [4.78, 5) is 33.1. The van der Waals surface area contributed by atoms with E-state index in [2.05, 4.69) is 19.9 Å². The van der Waals surface area contributed by atoms with Gasteiger partial charge >= 0.3 is 6.18 Å². The molecule has 1 saturated heterocycles. The maximum atomic E-state index is 15.4. The smallest absolute Gasteiger partial charge is 0.354 e. The molecule has 2 unspecified atom stereocenters. The minimum atomic E-state index is -4.48. The third-order valence-corrected chi connectivity index (χ3v) is 6.36. The van der Waals surface area contributed by atoms with Crippen LogP contribution >= 0.6 is 0 Å². The minimum absolute atomic E-state index is 0.0444. The van der Waals surface area contributed by atoms with Crippen molar-refractivity contribution >= 4 is 11.7 Å². The first kappa shape index (κ1) is 23.2. The first-order valence-corrected chi connectivity index (χ1v) is 11.3. The molecule has 1 amide bonds. The number of amides is 1. The van der Waals surface area contributed by atoms with Crippen molar-refractivity contribution in [3.8, 4) is 5.95 Å². The summed E-state index contributed by atoms with van der Waals surface area (Å²) in [5.74, 6) is 1.05. The van der Waals surface area contributed by atoms with E-state index in [1.165, 1.54) is 18.5 Å². The second kappa shape index (κ2) is 8.90. The average Bonchev–Trinajstić information content (AvgIpc) is 3.59. The topological polar surface area (TPSA) is 80.0 Å². The van der Waals surface area contributed by atoms with Gasteiger partial charge in [0.05, 0.1) is 23.7 Å². The number of aryl methyl sites for hydroxylation is 1. The van der Waals surface area contributed by atoms with Crippen molar-refractivity contribution in [1.29, 1.82) is 0 Å². The van der Waals surface area contributed by atoms with Gasteiger partial charge in [-0.15, -0.1) is 0 Å². The normalized spacial score (nSPS) is 20.7. The van der Waals surface area contributed by atoms with Crippen LogP contribution in [0.5, 0.6) is 0 Å². The molecule has 0 radical (unpaired) electrons. The van der Waals surface area contributed by atoms with Crippen molar-refractivity contribution in [2.75, 3.05) is 18.0 Å². The van der Waals surface area contributed by atoms with Gasteiger partial charge in [0.1, 0.15) is 17.8 Å². The first-order chi connectivity index (χ1) is 16.7. The third-order valence-electron chi connectivity index (χ3n) is 6.36. The molecule has 1 aliphatic carbocycles. The summed E-state index contributed by atoms with van der Waals surface area (Å²) in [5.41, 5.74) is -0.577. The Morgan fingerprint density at radius 3 is 2.34 bits per heavy atom. The van der Waals surface area contributed by atoms with Crippen LogP contribution in [0.2, 0.25) is 0 Å². The average molecular weight is 489 g/mol. The molecule has 1 aliphatic heterocycles. The summed E-state index contributed by atoms with van der Waals surface area (Å²) in [6.07, 6.45) is 3.04. The number of pyridine rings is 1. The van der Waals surface area contributed by atoms with Gasteiger partial charge in [0.15, 0.2) is 0 Å². The summed E-state index contributed by atoms with van der Waals surface area (Å²) in [6.45, 7) is 2.12. The van der Waals surface area contributed by atoms with E-state index < -0.39 is 24.0 Å². The number of nitrogens with zero attached hydrogens (tertiary/aromatic N) is 7. The van der Waals surface area contributed by atoms with Crippen molar-refractivity contribution < 1.29 is 22.4 Å². The largest absolute Gasteiger partial charge is 0.417 e. The summed E-state index contributed by atoms with van der Waals surface area (Å²) in [6, 6.07) is 1.50. The predicted molar refractivity (Wildman–Crippen MR) is 118 cm³/mol. The highest BCUT2D eigenvalue weighted by Crippen LogP contribution is 2.35. The summed E-state index contributed by atoms with van der Waals surface area (Å²) >= 11 is 0. The molecular weight excluding hydrogens is 466 g/mol. The molecule has 3 aromatic rings. The summed E-state index contributed by atoms with van der Waals surface area (Å²) in [5, 5.41) is 0. The van der Waals surface area contributed by atoms with E-state index in [-0.39, 0.29) is 29.9 Å². The van der Waals surface area contributed by atoms with Gasteiger partial charge in [-0.2, -0.15) is 13.2 Å². The second-order valence-corrected chi connectivity index (χ2v) is 8.78. The van der Waals surface area contributed by atoms with Gasteiger partial charge in [-0.1, -0.05) is 0 Å². The van der Waals surface area contributed by atoms with E-state index in [1.54, 1.807) is 26.8 Å². The van der Waals surface area contributed by atoms with Crippen LogP contribution in [-0.4, -0.2) is 66.7 Å². The number of carbonyl (C=O) groups excluding carboxylic acids is 1. The Balaban J connectivity index is 1.29. The predicted octanol–water partition coefficient (Wildman–Crippen LogP) is 3.61. The van der Waals surface area contributed by atoms with Crippen LogP contribution in [0.15, 0.2) is 43.1 Å². The Hall–Kier alpha value is -3.57. The lowest BCUT2D eigenvalue weighted by Gasteiger charge is -2.41. The van der Waals surface area contributed by atoms with Crippen LogP contribution < -0.4 is 4.90 Å². The fourth-order valence-corrected chi connectivity index (χ4v) is 4.39. The molecule has 2 atom stereocenters. The van der Waals surface area contributed by atoms with E-state index in [4.69, 9.17) is 0 Å². The second-order valence-electron chi connectivity index (χ2n) is 8.78. The van der Waals surface area contributed by atoms with E-state index in [0.29, 0.717) is 24.7 Å². The van der Waals surface area contributed by atoms with Gasteiger partial charge in [-0.3, -0.25) is 9.36 Å². The number of piperidine rings is 1. The summed E-state index contributed by atoms with van der Waals surface area (Å²) < 4.78 is 55.5. The van der Waals surface area contributed by atoms with Crippen LogP contribution in [0.3, 0.4) is 0 Å². The summed E-state index contributed by atoms with van der Waals surface area (Å²) in [7, 11) is 0. The quantitative estimate of drug-likeness (QED) is 0.510. The van der Waals surface area contributed by atoms with Crippen molar-refractivity contribution in [2.24, 2.45) is 0 Å². The molecule has 8 nitrogen and oxygen atoms in total. The molecule has 0 bridgehead atoms. The molecule has 2 fully saturated rings. The lowest BCUT2D eigenvalue weighted by atomic mass is 10.00. The molecule has 0 spiro atoms. The number of alkyl halides is 4. The molecular formula is C23H23F4N7O. The molecule has 184 valence electrons. The number of imidazole rings is 1. The van der Waals surface area contributed by atoms with Crippen LogP contribution in [0.25, 0.3) is 5.95 Å². The highest BCUT2D eigenvalue weighted by Gasteiger charge is 2.43. The number of aromatic nitrogens is 5. The molecule has 0 N–H and O–H groups in total. The maximum Gasteiger partial charge on any atom is 0.417 e. The zero-order valence-electron chi connectivity index (χ0n) is 18.9. The van der Waals surface area contributed by atoms with E-state index in [9.17, 15) is 18.0 Å². The van der Waals surface area contributed by atoms with Crippen LogP contribution in [0.1, 0.15) is 41.0 Å². The Bertz CT molecular complexity index is 1190. The molecule has 3 aromatic heterocycles. The fourth-order valence-electron chi connectivity index (χ4n) is 4.39. The first-order valence-electron chi connectivity index (χ1n) is 11.3. The van der Waals surface area contributed by atoms with Crippen LogP contribution in [0.4, 0.5) is 23.4 Å². The molecule has 2 aliphatic rings. The fraction of sp³-hybridized carbons (Fsp3) is 0.435. The monoisotopic (exact) mass is 489 g/mol. The lowest BCUT2D eigenvalue weighted by molar-refractivity contribution is -0.137. The maximum absolute atomic E-state index is 15.4. The zero-order chi connectivity index (χ0) is 24.7. The van der Waals surface area contributed by atoms with Crippen molar-refractivity contribution in [3.05, 3.63) is 60.1 Å². The van der Waals surface area contributed by atoms with E-state index >= 15 is 4.39 Å². The van der Waals surface area contributed by atoms with Gasteiger partial charge < -0.3 is 9.80 Å². The highest BCUT2D eigenvalue weighted by atomic mass is 19.4. The van der Waals surface area contributed by atoms with E-state index in [0.717, 1.165) is 25.1 Å². The van der Waals surface area contributed by atoms with Gasteiger partial charge in [0.2, 0.25) is 5.95 Å². The van der Waals surface area contributed by atoms with Gasteiger partial charge in [-0.25, -0.2) is 24.3 Å². The van der Waals surface area contributed by atoms with Gasteiger partial charge in [0, 0.05) is 43.6 Å². The SMILES string of the molecule is Cc1nccn1-c1ncc(C(=O)N(C2CC2)C2CCN(c3ccc(C(F)(F)F)cn3)CC2F)cn1. The molecule has 4 heterocycles. The highest BCUT2D eigenvalue weighted by molar-refractivity contribution is 5.94. The zero-order valence-corrected chi connectivity index (χ0v) is 18.9. The number of hydrogen-bond donors (Lipinski definition) is 0. The van der Waals surface area contributed by atoms with Crippen LogP contribution in [-0.2, 0) is 6.18 Å². The Labute approximate surface area is 198 Å². The Morgan fingerprint density at radius 1 is 1.06 bits per heavy atom. The molecule has 5 rings (SSSR count). The van der Waals surface area contributed by atoms with Crippen molar-refractivity contribution in [2.45, 2.75) is 50.6 Å². The van der Waals surface area contributed by atoms with Crippen LogP contribution in [0, 0.1) is 6.92 Å². The number of carbonyl (C=O) groups is 1. The number of anilines is 1. The lowest BCUT2D eigenvalue weighted by Crippen LogP contribution is -2.55. The van der Waals surface area contributed by atoms with Gasteiger partial charge in [-0.05, 0) is 38.3 Å². The van der Waals surface area contributed by atoms with Crippen molar-refractivity contribution in [3.63, 3.8) is 0 Å². The van der Waals surface area contributed by atoms with E-state index in [1.807, 2.05) is 6.92 Å². The number of rotatable bonds is 5. The number of halogens is 4. The molecule has 1 saturated carbocycles. The Morgan fingerprint density at radius 2 is 1.80 bits per heavy atom. The van der Waals surface area contributed by atoms with Gasteiger partial charge in [0.25, 0.3) is 5.91 Å².